The highest BCUT2D eigenvalue weighted by atomic mass is 35.5. The Labute approximate surface area is 112 Å². The molecule has 0 aliphatic heterocycles. The first-order chi connectivity index (χ1) is 8.40. The number of phenols is 2. The molecule has 4 nitrogen and oxygen atoms in total. The first kappa shape index (κ1) is 14.6. The summed E-state index contributed by atoms with van der Waals surface area (Å²) in [5.74, 6) is -0.269. The maximum Gasteiger partial charge on any atom is 0.255 e. The van der Waals surface area contributed by atoms with Crippen molar-refractivity contribution >= 4 is 17.5 Å². The second-order valence-corrected chi connectivity index (χ2v) is 5.26. The minimum atomic E-state index is -0.401. The molecule has 0 heterocycles. The Morgan fingerprint density at radius 2 is 2.06 bits per heavy atom. The molecular weight excluding hydrogens is 254 g/mol. The van der Waals surface area contributed by atoms with E-state index < -0.39 is 5.91 Å². The molecule has 0 aliphatic carbocycles. The van der Waals surface area contributed by atoms with Crippen LogP contribution >= 0.6 is 11.6 Å². The summed E-state index contributed by atoms with van der Waals surface area (Å²) in [5.41, 5.74) is 0.126. The van der Waals surface area contributed by atoms with Crippen molar-refractivity contribution in [2.75, 3.05) is 6.54 Å². The zero-order valence-corrected chi connectivity index (χ0v) is 11.2. The fourth-order valence-electron chi connectivity index (χ4n) is 1.61. The molecule has 5 heteroatoms. The Morgan fingerprint density at radius 3 is 2.61 bits per heavy atom. The molecule has 18 heavy (non-hydrogen) atoms. The molecule has 0 aromatic heterocycles. The number of alkyl halides is 1. The number of amides is 1. The van der Waals surface area contributed by atoms with E-state index in [4.69, 9.17) is 16.7 Å². The van der Waals surface area contributed by atoms with Gasteiger partial charge in [0.15, 0.2) is 0 Å². The summed E-state index contributed by atoms with van der Waals surface area (Å²) < 4.78 is 0. The van der Waals surface area contributed by atoms with Crippen LogP contribution in [0.3, 0.4) is 0 Å². The summed E-state index contributed by atoms with van der Waals surface area (Å²) >= 11 is 6.06. The Kier molecular flexibility index (Phi) is 5.28. The molecule has 1 atom stereocenters. The van der Waals surface area contributed by atoms with Gasteiger partial charge in [-0.3, -0.25) is 4.79 Å². The molecule has 1 aromatic carbocycles. The third-order valence-electron chi connectivity index (χ3n) is 2.44. The maximum absolute atomic E-state index is 11.8. The lowest BCUT2D eigenvalue weighted by Gasteiger charge is -2.13. The number of carbonyl (C=O) groups excluding carboxylic acids is 1. The highest BCUT2D eigenvalue weighted by Crippen LogP contribution is 2.22. The second-order valence-electron chi connectivity index (χ2n) is 4.64. The first-order valence-corrected chi connectivity index (χ1v) is 6.28. The normalized spacial score (nSPS) is 12.4. The van der Waals surface area contributed by atoms with Crippen LogP contribution in [0.4, 0.5) is 0 Å². The lowest BCUT2D eigenvalue weighted by atomic mass is 10.1. The van der Waals surface area contributed by atoms with Crippen molar-refractivity contribution in [3.8, 4) is 11.5 Å². The molecular formula is C13H18ClNO3. The van der Waals surface area contributed by atoms with Gasteiger partial charge in [-0.25, -0.2) is 0 Å². The van der Waals surface area contributed by atoms with Crippen LogP contribution < -0.4 is 5.32 Å². The van der Waals surface area contributed by atoms with E-state index >= 15 is 0 Å². The Morgan fingerprint density at radius 1 is 1.39 bits per heavy atom. The average molecular weight is 272 g/mol. The van der Waals surface area contributed by atoms with E-state index in [2.05, 4.69) is 19.2 Å². The zero-order chi connectivity index (χ0) is 13.7. The number of phenolic OH excluding ortho intramolecular Hbond substituents is 2. The minimum Gasteiger partial charge on any atom is -0.508 e. The first-order valence-electron chi connectivity index (χ1n) is 5.84. The van der Waals surface area contributed by atoms with E-state index in [0.29, 0.717) is 12.5 Å². The quantitative estimate of drug-likeness (QED) is 0.721. The van der Waals surface area contributed by atoms with Crippen molar-refractivity contribution in [1.82, 2.24) is 5.32 Å². The third-order valence-corrected chi connectivity index (χ3v) is 2.77. The number of halogens is 1. The van der Waals surface area contributed by atoms with Gasteiger partial charge in [0.05, 0.1) is 10.9 Å². The van der Waals surface area contributed by atoms with Gasteiger partial charge in [-0.1, -0.05) is 13.8 Å². The summed E-state index contributed by atoms with van der Waals surface area (Å²) in [4.78, 5) is 11.8. The van der Waals surface area contributed by atoms with Crippen molar-refractivity contribution in [2.24, 2.45) is 5.92 Å². The van der Waals surface area contributed by atoms with Crippen molar-refractivity contribution in [3.63, 3.8) is 0 Å². The molecule has 0 saturated heterocycles. The summed E-state index contributed by atoms with van der Waals surface area (Å²) in [7, 11) is 0. The van der Waals surface area contributed by atoms with Crippen molar-refractivity contribution < 1.29 is 15.0 Å². The number of rotatable bonds is 5. The topological polar surface area (TPSA) is 69.6 Å². The van der Waals surface area contributed by atoms with Crippen LogP contribution in [0.15, 0.2) is 18.2 Å². The largest absolute Gasteiger partial charge is 0.508 e. The van der Waals surface area contributed by atoms with Crippen molar-refractivity contribution in [2.45, 2.75) is 25.6 Å². The van der Waals surface area contributed by atoms with Crippen LogP contribution in [0.25, 0.3) is 0 Å². The molecule has 1 rings (SSSR count). The molecule has 0 radical (unpaired) electrons. The molecule has 3 N–H and O–H groups in total. The Hall–Kier alpha value is -1.42. The summed E-state index contributed by atoms with van der Waals surface area (Å²) in [5, 5.41) is 21.2. The zero-order valence-electron chi connectivity index (χ0n) is 10.5. The molecule has 100 valence electrons. The molecule has 0 bridgehead atoms. The number of nitrogens with one attached hydrogen (secondary N) is 1. The molecule has 0 spiro atoms. The molecule has 0 saturated carbocycles. The van der Waals surface area contributed by atoms with E-state index in [1.54, 1.807) is 0 Å². The van der Waals surface area contributed by atoms with Crippen LogP contribution in [0.2, 0.25) is 0 Å². The van der Waals surface area contributed by atoms with Gasteiger partial charge in [0, 0.05) is 12.6 Å². The maximum atomic E-state index is 11.8. The number of hydrogen-bond acceptors (Lipinski definition) is 3. The van der Waals surface area contributed by atoms with Gasteiger partial charge in [-0.05, 0) is 24.5 Å². The predicted molar refractivity (Wildman–Crippen MR) is 71.2 cm³/mol. The minimum absolute atomic E-state index is 0.0842. The number of hydrogen-bond donors (Lipinski definition) is 3. The Balaban J connectivity index is 2.55. The molecule has 0 fully saturated rings. The van der Waals surface area contributed by atoms with Gasteiger partial charge in [-0.15, -0.1) is 11.6 Å². The van der Waals surface area contributed by atoms with E-state index in [0.717, 1.165) is 12.5 Å². The molecule has 1 unspecified atom stereocenters. The molecule has 1 amide bonds. The SMILES string of the molecule is CC(C)CC(Cl)CNC(=O)c1ccc(O)cc1O. The smallest absolute Gasteiger partial charge is 0.255 e. The summed E-state index contributed by atoms with van der Waals surface area (Å²) in [6.45, 7) is 4.46. The van der Waals surface area contributed by atoms with Crippen LogP contribution in [0.5, 0.6) is 11.5 Å². The predicted octanol–water partition coefficient (Wildman–Crippen LogP) is 2.48. The Bertz CT molecular complexity index is 421. The fraction of sp³-hybridized carbons (Fsp3) is 0.462. The van der Waals surface area contributed by atoms with E-state index in [-0.39, 0.29) is 22.4 Å². The van der Waals surface area contributed by atoms with Gasteiger partial charge in [-0.2, -0.15) is 0 Å². The lowest BCUT2D eigenvalue weighted by molar-refractivity contribution is 0.0950. The van der Waals surface area contributed by atoms with E-state index in [9.17, 15) is 9.90 Å². The fourth-order valence-corrected chi connectivity index (χ4v) is 2.04. The van der Waals surface area contributed by atoms with Gasteiger partial charge in [0.2, 0.25) is 0 Å². The van der Waals surface area contributed by atoms with E-state index in [1.165, 1.54) is 12.1 Å². The van der Waals surface area contributed by atoms with Crippen LogP contribution in [-0.4, -0.2) is 28.0 Å². The van der Waals surface area contributed by atoms with Gasteiger partial charge in [0.25, 0.3) is 5.91 Å². The van der Waals surface area contributed by atoms with Gasteiger partial charge < -0.3 is 15.5 Å². The highest BCUT2D eigenvalue weighted by molar-refractivity contribution is 6.21. The number of carbonyl (C=O) groups is 1. The second kappa shape index (κ2) is 6.50. The van der Waals surface area contributed by atoms with Gasteiger partial charge in [0.1, 0.15) is 11.5 Å². The highest BCUT2D eigenvalue weighted by Gasteiger charge is 2.13. The van der Waals surface area contributed by atoms with Crippen LogP contribution in [0.1, 0.15) is 30.6 Å². The summed E-state index contributed by atoms with van der Waals surface area (Å²) in [6.07, 6.45) is 0.809. The lowest BCUT2D eigenvalue weighted by Crippen LogP contribution is -2.30. The van der Waals surface area contributed by atoms with Crippen molar-refractivity contribution in [3.05, 3.63) is 23.8 Å². The molecule has 0 aliphatic rings. The molecule has 1 aromatic rings. The van der Waals surface area contributed by atoms with Crippen LogP contribution in [0, 0.1) is 5.92 Å². The number of benzene rings is 1. The third kappa shape index (κ3) is 4.45. The standard InChI is InChI=1S/C13H18ClNO3/c1-8(2)5-9(14)7-15-13(18)11-4-3-10(16)6-12(11)17/h3-4,6,8-9,16-17H,5,7H2,1-2H3,(H,15,18). The average Bonchev–Trinajstić information content (AvgIpc) is 2.25. The van der Waals surface area contributed by atoms with Crippen LogP contribution in [-0.2, 0) is 0 Å². The summed E-state index contributed by atoms with van der Waals surface area (Å²) in [6, 6.07) is 3.84. The monoisotopic (exact) mass is 271 g/mol. The van der Waals surface area contributed by atoms with E-state index in [1.807, 2.05) is 0 Å². The van der Waals surface area contributed by atoms with Gasteiger partial charge >= 0.3 is 0 Å². The number of aromatic hydroxyl groups is 2. The van der Waals surface area contributed by atoms with Crippen molar-refractivity contribution in [1.29, 1.82) is 0 Å².